The topological polar surface area (TPSA) is 88.7 Å². The summed E-state index contributed by atoms with van der Waals surface area (Å²) in [5, 5.41) is 5.26. The maximum atomic E-state index is 11.8. The molecule has 0 atom stereocenters. The van der Waals surface area contributed by atoms with Gasteiger partial charge in [-0.2, -0.15) is 0 Å². The summed E-state index contributed by atoms with van der Waals surface area (Å²) in [5.74, 6) is 0.645. The van der Waals surface area contributed by atoms with Crippen molar-refractivity contribution in [1.82, 2.24) is 10.6 Å². The molecule has 0 aromatic heterocycles. The first-order valence-corrected chi connectivity index (χ1v) is 6.86. The number of guanidine groups is 1. The number of urea groups is 1. The van der Waals surface area contributed by atoms with Crippen molar-refractivity contribution < 1.29 is 9.53 Å². The molecule has 0 saturated carbocycles. The van der Waals surface area contributed by atoms with Crippen LogP contribution in [-0.2, 0) is 6.42 Å². The number of benzene rings is 1. The molecule has 4 N–H and O–H groups in total. The first-order chi connectivity index (χ1) is 9.76. The molecule has 0 aliphatic rings. The molecule has 1 aromatic carbocycles. The Bertz CT molecular complexity index is 511. The number of hydrogen-bond acceptors (Lipinski definition) is 3. The van der Waals surface area contributed by atoms with E-state index in [1.807, 2.05) is 39.8 Å². The van der Waals surface area contributed by atoms with Crippen molar-refractivity contribution in [3.05, 3.63) is 23.8 Å². The molecule has 1 rings (SSSR count). The number of hydrogen-bond donors (Lipinski definition) is 3. The number of ether oxygens (including phenoxy) is 1. The third-order valence-corrected chi connectivity index (χ3v) is 2.65. The van der Waals surface area contributed by atoms with Gasteiger partial charge in [-0.15, -0.1) is 0 Å². The molecule has 0 fully saturated rings. The van der Waals surface area contributed by atoms with Crippen molar-refractivity contribution in [2.45, 2.75) is 39.7 Å². The van der Waals surface area contributed by atoms with Gasteiger partial charge in [-0.3, -0.25) is 5.32 Å². The molecule has 0 heterocycles. The van der Waals surface area contributed by atoms with E-state index in [2.05, 4.69) is 15.6 Å². The number of nitrogens with zero attached hydrogens (tertiary/aromatic N) is 1. The summed E-state index contributed by atoms with van der Waals surface area (Å²) >= 11 is 0. The zero-order valence-corrected chi connectivity index (χ0v) is 13.3. The van der Waals surface area contributed by atoms with E-state index in [0.29, 0.717) is 11.4 Å². The van der Waals surface area contributed by atoms with Crippen molar-refractivity contribution in [3.8, 4) is 5.75 Å². The molecule has 6 nitrogen and oxygen atoms in total. The predicted octanol–water partition coefficient (Wildman–Crippen LogP) is 2.30. The Morgan fingerprint density at radius 1 is 1.38 bits per heavy atom. The van der Waals surface area contributed by atoms with Crippen molar-refractivity contribution in [1.29, 1.82) is 0 Å². The number of nitrogens with two attached hydrogens (primary N) is 1. The van der Waals surface area contributed by atoms with Crippen molar-refractivity contribution in [2.24, 2.45) is 10.7 Å². The monoisotopic (exact) mass is 292 g/mol. The van der Waals surface area contributed by atoms with Gasteiger partial charge < -0.3 is 15.8 Å². The van der Waals surface area contributed by atoms with Gasteiger partial charge in [-0.1, -0.05) is 19.1 Å². The van der Waals surface area contributed by atoms with Crippen LogP contribution in [0.5, 0.6) is 5.75 Å². The standard InChI is InChI=1S/C15H24N4O2/c1-6-10-8-7-9-11(21-5)12(10)17-13(16)18-14(20)19-15(2,3)4/h7-9H,6H2,1-5H3,(H4,16,17,18,19,20). The molecule has 0 spiro atoms. The molecule has 0 radical (unpaired) electrons. The average Bonchev–Trinajstić information content (AvgIpc) is 2.36. The lowest BCUT2D eigenvalue weighted by molar-refractivity contribution is 0.236. The molecule has 0 aliphatic heterocycles. The SMILES string of the molecule is CCc1cccc(OC)c1N=C(N)NC(=O)NC(C)(C)C. The molecule has 2 amide bonds. The highest BCUT2D eigenvalue weighted by molar-refractivity contribution is 5.97. The maximum absolute atomic E-state index is 11.8. The van der Waals surface area contributed by atoms with Gasteiger partial charge in [0.25, 0.3) is 0 Å². The number of carbonyl (C=O) groups excluding carboxylic acids is 1. The fraction of sp³-hybridized carbons (Fsp3) is 0.467. The Kier molecular flexibility index (Phi) is 5.58. The van der Waals surface area contributed by atoms with Crippen LogP contribution in [0.3, 0.4) is 0 Å². The Hall–Kier alpha value is -2.24. The summed E-state index contributed by atoms with van der Waals surface area (Å²) in [6, 6.07) is 5.26. The summed E-state index contributed by atoms with van der Waals surface area (Å²) in [7, 11) is 1.57. The van der Waals surface area contributed by atoms with Gasteiger partial charge in [-0.25, -0.2) is 9.79 Å². The van der Waals surface area contributed by atoms with Crippen LogP contribution >= 0.6 is 0 Å². The summed E-state index contributed by atoms with van der Waals surface area (Å²) in [5.41, 5.74) is 7.08. The van der Waals surface area contributed by atoms with Crippen LogP contribution in [0.4, 0.5) is 10.5 Å². The van der Waals surface area contributed by atoms with Gasteiger partial charge in [0.2, 0.25) is 5.96 Å². The van der Waals surface area contributed by atoms with Crippen LogP contribution in [-0.4, -0.2) is 24.6 Å². The summed E-state index contributed by atoms with van der Waals surface area (Å²) in [6.07, 6.45) is 0.789. The molecular formula is C15H24N4O2. The predicted molar refractivity (Wildman–Crippen MR) is 85.1 cm³/mol. The van der Waals surface area contributed by atoms with Crippen LogP contribution in [0.15, 0.2) is 23.2 Å². The lowest BCUT2D eigenvalue weighted by Crippen LogP contribution is -2.50. The van der Waals surface area contributed by atoms with Crippen LogP contribution < -0.4 is 21.1 Å². The van der Waals surface area contributed by atoms with E-state index in [9.17, 15) is 4.79 Å². The molecular weight excluding hydrogens is 268 g/mol. The van der Waals surface area contributed by atoms with Gasteiger partial charge >= 0.3 is 6.03 Å². The fourth-order valence-electron chi connectivity index (χ4n) is 1.78. The number of aryl methyl sites for hydroxylation is 1. The second-order valence-corrected chi connectivity index (χ2v) is 5.65. The molecule has 116 valence electrons. The fourth-order valence-corrected chi connectivity index (χ4v) is 1.78. The van der Waals surface area contributed by atoms with Crippen molar-refractivity contribution in [2.75, 3.05) is 7.11 Å². The Balaban J connectivity index is 2.94. The van der Waals surface area contributed by atoms with Gasteiger partial charge in [0.1, 0.15) is 11.4 Å². The zero-order chi connectivity index (χ0) is 16.0. The van der Waals surface area contributed by atoms with Gasteiger partial charge in [-0.05, 0) is 38.8 Å². The van der Waals surface area contributed by atoms with E-state index < -0.39 is 6.03 Å². The molecule has 0 aliphatic carbocycles. The summed E-state index contributed by atoms with van der Waals surface area (Å²) in [4.78, 5) is 16.0. The summed E-state index contributed by atoms with van der Waals surface area (Å²) in [6.45, 7) is 7.67. The smallest absolute Gasteiger partial charge is 0.321 e. The molecule has 6 heteroatoms. The third kappa shape index (κ3) is 5.33. The number of carbonyl (C=O) groups is 1. The van der Waals surface area contributed by atoms with Gasteiger partial charge in [0.05, 0.1) is 7.11 Å². The Labute approximate surface area is 125 Å². The van der Waals surface area contributed by atoms with E-state index in [1.165, 1.54) is 0 Å². The van der Waals surface area contributed by atoms with Gasteiger partial charge in [0.15, 0.2) is 0 Å². The van der Waals surface area contributed by atoms with Crippen LogP contribution in [0.1, 0.15) is 33.3 Å². The first kappa shape index (κ1) is 16.8. The second kappa shape index (κ2) is 6.97. The minimum absolute atomic E-state index is 0.0240. The van der Waals surface area contributed by atoms with Crippen molar-refractivity contribution in [3.63, 3.8) is 0 Å². The lowest BCUT2D eigenvalue weighted by atomic mass is 10.1. The van der Waals surface area contributed by atoms with E-state index in [-0.39, 0.29) is 11.5 Å². The Morgan fingerprint density at radius 2 is 2.05 bits per heavy atom. The number of aliphatic imine (C=N–C) groups is 1. The third-order valence-electron chi connectivity index (χ3n) is 2.65. The maximum Gasteiger partial charge on any atom is 0.321 e. The van der Waals surface area contributed by atoms with Crippen molar-refractivity contribution >= 4 is 17.7 Å². The normalized spacial score (nSPS) is 12.0. The van der Waals surface area contributed by atoms with E-state index in [4.69, 9.17) is 10.5 Å². The number of para-hydroxylation sites is 1. The van der Waals surface area contributed by atoms with Crippen LogP contribution in [0.25, 0.3) is 0 Å². The highest BCUT2D eigenvalue weighted by Gasteiger charge is 2.14. The average molecular weight is 292 g/mol. The number of rotatable bonds is 3. The molecule has 0 unspecified atom stereocenters. The largest absolute Gasteiger partial charge is 0.494 e. The van der Waals surface area contributed by atoms with Crippen LogP contribution in [0, 0.1) is 0 Å². The first-order valence-electron chi connectivity index (χ1n) is 6.86. The van der Waals surface area contributed by atoms with Gasteiger partial charge in [0, 0.05) is 5.54 Å². The molecule has 21 heavy (non-hydrogen) atoms. The number of methoxy groups -OCH3 is 1. The molecule has 0 saturated heterocycles. The highest BCUT2D eigenvalue weighted by atomic mass is 16.5. The minimum atomic E-state index is -0.392. The van der Waals surface area contributed by atoms with E-state index in [1.54, 1.807) is 13.2 Å². The van der Waals surface area contributed by atoms with Crippen LogP contribution in [0.2, 0.25) is 0 Å². The Morgan fingerprint density at radius 3 is 2.57 bits per heavy atom. The number of nitrogens with one attached hydrogen (secondary N) is 2. The molecule has 1 aromatic rings. The quantitative estimate of drug-likeness (QED) is 0.590. The zero-order valence-electron chi connectivity index (χ0n) is 13.3. The minimum Gasteiger partial charge on any atom is -0.494 e. The van der Waals surface area contributed by atoms with E-state index in [0.717, 1.165) is 12.0 Å². The highest BCUT2D eigenvalue weighted by Crippen LogP contribution is 2.31. The molecule has 0 bridgehead atoms. The van der Waals surface area contributed by atoms with E-state index >= 15 is 0 Å². The lowest BCUT2D eigenvalue weighted by Gasteiger charge is -2.20. The number of amides is 2. The summed E-state index contributed by atoms with van der Waals surface area (Å²) < 4.78 is 5.28. The second-order valence-electron chi connectivity index (χ2n) is 5.65.